The van der Waals surface area contributed by atoms with Gasteiger partial charge < -0.3 is 14.5 Å². The Kier molecular flexibility index (Phi) is 4.76. The van der Waals surface area contributed by atoms with Crippen LogP contribution in [0, 0.1) is 12.3 Å². The standard InChI is InChI=1S/C19H17ClN2O3/c1-3-24-16-9-4-6-12-10-13(18(21)25-17(12)16)19(23)22-15-8-5-7-14(20)11(15)2/h4-10,21H,3H2,1-2H3,(H,22,23). The number of para-hydroxylation sites is 1. The highest BCUT2D eigenvalue weighted by molar-refractivity contribution is 6.31. The summed E-state index contributed by atoms with van der Waals surface area (Å²) in [6.45, 7) is 4.17. The second-order valence-electron chi connectivity index (χ2n) is 5.46. The molecular formula is C19H17ClN2O3. The van der Waals surface area contributed by atoms with Crippen LogP contribution in [0.25, 0.3) is 11.0 Å². The van der Waals surface area contributed by atoms with Gasteiger partial charge in [-0.05, 0) is 43.7 Å². The van der Waals surface area contributed by atoms with E-state index in [4.69, 9.17) is 26.2 Å². The molecular weight excluding hydrogens is 340 g/mol. The van der Waals surface area contributed by atoms with Crippen molar-refractivity contribution >= 4 is 34.2 Å². The van der Waals surface area contributed by atoms with E-state index in [1.54, 1.807) is 30.3 Å². The van der Waals surface area contributed by atoms with Crippen LogP contribution in [0.1, 0.15) is 22.8 Å². The predicted molar refractivity (Wildman–Crippen MR) is 97.4 cm³/mol. The molecule has 1 aromatic heterocycles. The van der Waals surface area contributed by atoms with Gasteiger partial charge >= 0.3 is 0 Å². The maximum Gasteiger partial charge on any atom is 0.261 e. The maximum absolute atomic E-state index is 12.6. The molecule has 0 fully saturated rings. The number of halogens is 1. The van der Waals surface area contributed by atoms with E-state index >= 15 is 0 Å². The zero-order valence-electron chi connectivity index (χ0n) is 13.9. The van der Waals surface area contributed by atoms with Crippen LogP contribution in [0.3, 0.4) is 0 Å². The number of rotatable bonds is 4. The van der Waals surface area contributed by atoms with Crippen molar-refractivity contribution in [2.75, 3.05) is 11.9 Å². The molecule has 25 heavy (non-hydrogen) atoms. The van der Waals surface area contributed by atoms with Crippen molar-refractivity contribution in [2.45, 2.75) is 13.8 Å². The topological polar surface area (TPSA) is 75.3 Å². The molecule has 5 nitrogen and oxygen atoms in total. The summed E-state index contributed by atoms with van der Waals surface area (Å²) in [5.41, 5.74) is 1.72. The summed E-state index contributed by atoms with van der Waals surface area (Å²) in [6.07, 6.45) is 0. The van der Waals surface area contributed by atoms with E-state index in [1.165, 1.54) is 0 Å². The summed E-state index contributed by atoms with van der Waals surface area (Å²) < 4.78 is 11.1. The molecule has 0 radical (unpaired) electrons. The minimum Gasteiger partial charge on any atom is -0.490 e. The Morgan fingerprint density at radius 1 is 1.28 bits per heavy atom. The summed E-state index contributed by atoms with van der Waals surface area (Å²) in [5.74, 6) is 0.119. The fourth-order valence-corrected chi connectivity index (χ4v) is 2.68. The second-order valence-corrected chi connectivity index (χ2v) is 5.87. The zero-order chi connectivity index (χ0) is 18.0. The lowest BCUT2D eigenvalue weighted by molar-refractivity contribution is 0.102. The molecule has 0 unspecified atom stereocenters. The first-order valence-corrected chi connectivity index (χ1v) is 8.19. The number of hydrogen-bond donors (Lipinski definition) is 2. The fourth-order valence-electron chi connectivity index (χ4n) is 2.50. The van der Waals surface area contributed by atoms with E-state index in [0.717, 1.165) is 5.56 Å². The van der Waals surface area contributed by atoms with Crippen molar-refractivity contribution in [3.8, 4) is 5.75 Å². The average molecular weight is 357 g/mol. The Morgan fingerprint density at radius 3 is 2.80 bits per heavy atom. The summed E-state index contributed by atoms with van der Waals surface area (Å²) >= 11 is 6.08. The number of amides is 1. The number of benzene rings is 2. The van der Waals surface area contributed by atoms with Crippen LogP contribution in [0.2, 0.25) is 5.02 Å². The van der Waals surface area contributed by atoms with E-state index in [2.05, 4.69) is 5.32 Å². The highest BCUT2D eigenvalue weighted by atomic mass is 35.5. The molecule has 0 aliphatic carbocycles. The van der Waals surface area contributed by atoms with Gasteiger partial charge in [0.25, 0.3) is 5.91 Å². The Balaban J connectivity index is 2.01. The zero-order valence-corrected chi connectivity index (χ0v) is 14.6. The number of anilines is 1. The van der Waals surface area contributed by atoms with Crippen LogP contribution < -0.4 is 15.6 Å². The van der Waals surface area contributed by atoms with Crippen molar-refractivity contribution in [3.63, 3.8) is 0 Å². The van der Waals surface area contributed by atoms with E-state index < -0.39 is 5.91 Å². The molecule has 0 aliphatic heterocycles. The summed E-state index contributed by atoms with van der Waals surface area (Å²) in [7, 11) is 0. The average Bonchev–Trinajstić information content (AvgIpc) is 2.59. The highest BCUT2D eigenvalue weighted by Crippen LogP contribution is 2.26. The lowest BCUT2D eigenvalue weighted by Crippen LogP contribution is -2.21. The minimum absolute atomic E-state index is 0.139. The monoisotopic (exact) mass is 356 g/mol. The Hall–Kier alpha value is -2.79. The normalized spacial score (nSPS) is 10.7. The smallest absolute Gasteiger partial charge is 0.261 e. The summed E-state index contributed by atoms with van der Waals surface area (Å²) in [4.78, 5) is 12.6. The molecule has 1 heterocycles. The van der Waals surface area contributed by atoms with Crippen LogP contribution in [0.15, 0.2) is 46.9 Å². The molecule has 0 atom stereocenters. The molecule has 6 heteroatoms. The number of ether oxygens (including phenoxy) is 1. The third-order valence-corrected chi connectivity index (χ3v) is 4.23. The van der Waals surface area contributed by atoms with Gasteiger partial charge in [-0.2, -0.15) is 0 Å². The third-order valence-electron chi connectivity index (χ3n) is 3.82. The van der Waals surface area contributed by atoms with Crippen molar-refractivity contribution in [3.05, 3.63) is 64.2 Å². The number of hydrogen-bond acceptors (Lipinski definition) is 4. The van der Waals surface area contributed by atoms with Crippen LogP contribution in [-0.4, -0.2) is 12.5 Å². The first-order valence-electron chi connectivity index (χ1n) is 7.82. The van der Waals surface area contributed by atoms with Crippen LogP contribution >= 0.6 is 11.6 Å². The largest absolute Gasteiger partial charge is 0.490 e. The van der Waals surface area contributed by atoms with Gasteiger partial charge in [0.1, 0.15) is 5.56 Å². The fraction of sp³-hybridized carbons (Fsp3) is 0.158. The number of fused-ring (bicyclic) bond motifs is 1. The van der Waals surface area contributed by atoms with Gasteiger partial charge in [-0.15, -0.1) is 0 Å². The molecule has 0 saturated carbocycles. The molecule has 0 aliphatic rings. The van der Waals surface area contributed by atoms with Crippen LogP contribution in [0.5, 0.6) is 5.75 Å². The van der Waals surface area contributed by atoms with Gasteiger partial charge in [0.2, 0.25) is 5.55 Å². The Bertz CT molecular complexity index is 1010. The van der Waals surface area contributed by atoms with Gasteiger partial charge in [0, 0.05) is 16.1 Å². The highest BCUT2D eigenvalue weighted by Gasteiger charge is 2.15. The lowest BCUT2D eigenvalue weighted by Gasteiger charge is -2.11. The summed E-state index contributed by atoms with van der Waals surface area (Å²) in [6, 6.07) is 12.3. The molecule has 0 saturated heterocycles. The molecule has 3 aromatic rings. The van der Waals surface area contributed by atoms with Crippen molar-refractivity contribution in [1.82, 2.24) is 0 Å². The second kappa shape index (κ2) is 6.99. The lowest BCUT2D eigenvalue weighted by atomic mass is 10.1. The SMILES string of the molecule is CCOc1cccc2cc(C(=O)Nc3cccc(Cl)c3C)c(=N)oc12. The van der Waals surface area contributed by atoms with E-state index in [9.17, 15) is 4.79 Å². The van der Waals surface area contributed by atoms with E-state index in [1.807, 2.05) is 26.0 Å². The molecule has 1 amide bonds. The predicted octanol–water partition coefficient (Wildman–Crippen LogP) is 4.53. The van der Waals surface area contributed by atoms with E-state index in [-0.39, 0.29) is 11.1 Å². The molecule has 2 aromatic carbocycles. The van der Waals surface area contributed by atoms with Gasteiger partial charge in [-0.3, -0.25) is 10.2 Å². The first kappa shape index (κ1) is 17.0. The molecule has 0 spiro atoms. The summed E-state index contributed by atoms with van der Waals surface area (Å²) in [5, 5.41) is 12.1. The van der Waals surface area contributed by atoms with Gasteiger partial charge in [-0.1, -0.05) is 29.8 Å². The van der Waals surface area contributed by atoms with Gasteiger partial charge in [0.15, 0.2) is 11.3 Å². The van der Waals surface area contributed by atoms with Crippen molar-refractivity contribution in [1.29, 1.82) is 5.41 Å². The number of carbonyl (C=O) groups excluding carboxylic acids is 1. The molecule has 2 N–H and O–H groups in total. The molecule has 0 bridgehead atoms. The number of nitrogens with one attached hydrogen (secondary N) is 2. The van der Waals surface area contributed by atoms with Crippen molar-refractivity contribution < 1.29 is 13.9 Å². The Labute approximate surface area is 149 Å². The molecule has 128 valence electrons. The first-order chi connectivity index (χ1) is 12.0. The Morgan fingerprint density at radius 2 is 2.04 bits per heavy atom. The number of carbonyl (C=O) groups is 1. The van der Waals surface area contributed by atoms with Gasteiger partial charge in [0.05, 0.1) is 6.61 Å². The van der Waals surface area contributed by atoms with Gasteiger partial charge in [-0.25, -0.2) is 0 Å². The quantitative estimate of drug-likeness (QED) is 0.721. The van der Waals surface area contributed by atoms with Crippen LogP contribution in [-0.2, 0) is 0 Å². The van der Waals surface area contributed by atoms with Crippen LogP contribution in [0.4, 0.5) is 5.69 Å². The molecule has 3 rings (SSSR count). The van der Waals surface area contributed by atoms with E-state index in [0.29, 0.717) is 34.0 Å². The maximum atomic E-state index is 12.6. The minimum atomic E-state index is -0.428. The third kappa shape index (κ3) is 3.37. The van der Waals surface area contributed by atoms with Crippen molar-refractivity contribution in [2.24, 2.45) is 0 Å².